The molecule has 0 spiro atoms. The third-order valence-electron chi connectivity index (χ3n) is 7.50. The van der Waals surface area contributed by atoms with E-state index in [2.05, 4.69) is 44.1 Å². The summed E-state index contributed by atoms with van der Waals surface area (Å²) in [4.78, 5) is 4.43. The normalized spacial score (nSPS) is 14.6. The fourth-order valence-electron chi connectivity index (χ4n) is 5.10. The first-order valence-corrected chi connectivity index (χ1v) is 13.6. The van der Waals surface area contributed by atoms with Gasteiger partial charge in [0.2, 0.25) is 0 Å². The van der Waals surface area contributed by atoms with E-state index in [4.69, 9.17) is 7.85 Å². The lowest BCUT2D eigenvalue weighted by Crippen LogP contribution is -2.38. The van der Waals surface area contributed by atoms with Crippen molar-refractivity contribution < 1.29 is 4.39 Å². The Bertz CT molecular complexity index is 1930. The van der Waals surface area contributed by atoms with Gasteiger partial charge in [0.05, 0.1) is 58.5 Å². The van der Waals surface area contributed by atoms with Gasteiger partial charge < -0.3 is 10.6 Å². The number of rotatable bonds is 9. The van der Waals surface area contributed by atoms with Gasteiger partial charge in [0.15, 0.2) is 0 Å². The largest absolute Gasteiger partial charge is 0.378 e. The maximum Gasteiger partial charge on any atom is 0.123 e. The fraction of sp³-hybridized carbons (Fsp3) is 0.188. The minimum Gasteiger partial charge on any atom is -0.378 e. The van der Waals surface area contributed by atoms with Crippen LogP contribution in [0.1, 0.15) is 59.3 Å². The summed E-state index contributed by atoms with van der Waals surface area (Å²) in [6.45, 7) is 0. The predicted molar refractivity (Wildman–Crippen MR) is 159 cm³/mol. The van der Waals surface area contributed by atoms with Crippen LogP contribution >= 0.6 is 0 Å². The summed E-state index contributed by atoms with van der Waals surface area (Å²) in [5.74, 6) is -0.415. The monoisotopic (exact) mass is 563 g/mol. The SMILES string of the molecule is [B]C(Nc1cc(C#N)c2ncc(C#N)c(N[C@H](CC#N)c3ccccc3)c2c1)(c1ccc(F)cc1)c1cn(C2CC2)nn1. The van der Waals surface area contributed by atoms with Gasteiger partial charge in [-0.3, -0.25) is 4.98 Å². The first kappa shape index (κ1) is 27.4. The molecular formula is C32H23BFN9. The Morgan fingerprint density at radius 2 is 1.77 bits per heavy atom. The van der Waals surface area contributed by atoms with E-state index in [1.54, 1.807) is 35.1 Å². The van der Waals surface area contributed by atoms with Crippen LogP contribution in [0.3, 0.4) is 0 Å². The molecule has 3 aromatic carbocycles. The molecule has 1 saturated carbocycles. The van der Waals surface area contributed by atoms with Gasteiger partial charge in [-0.15, -0.1) is 5.10 Å². The van der Waals surface area contributed by atoms with Crippen molar-refractivity contribution in [1.82, 2.24) is 20.0 Å². The van der Waals surface area contributed by atoms with E-state index in [9.17, 15) is 20.2 Å². The second-order valence-corrected chi connectivity index (χ2v) is 10.4. The third-order valence-corrected chi connectivity index (χ3v) is 7.50. The van der Waals surface area contributed by atoms with E-state index >= 15 is 0 Å². The number of hydrogen-bond donors (Lipinski definition) is 2. The van der Waals surface area contributed by atoms with E-state index in [-0.39, 0.29) is 23.6 Å². The molecule has 2 radical (unpaired) electrons. The number of nitrogens with zero attached hydrogens (tertiary/aromatic N) is 7. The number of nitriles is 3. The minimum absolute atomic E-state index is 0.134. The molecule has 2 atom stereocenters. The lowest BCUT2D eigenvalue weighted by Gasteiger charge is -2.32. The first-order valence-electron chi connectivity index (χ1n) is 13.6. The van der Waals surface area contributed by atoms with E-state index in [1.165, 1.54) is 18.3 Å². The Labute approximate surface area is 248 Å². The minimum atomic E-state index is -1.46. The van der Waals surface area contributed by atoms with E-state index in [0.29, 0.717) is 33.5 Å². The van der Waals surface area contributed by atoms with Crippen LogP contribution in [0.15, 0.2) is 79.1 Å². The number of fused-ring (bicyclic) bond motifs is 1. The van der Waals surface area contributed by atoms with Crippen molar-refractivity contribution in [1.29, 1.82) is 15.8 Å². The number of hydrogen-bond acceptors (Lipinski definition) is 8. The first-order chi connectivity index (χ1) is 20.9. The number of anilines is 2. The Hall–Kier alpha value is -5.73. The van der Waals surface area contributed by atoms with Crippen LogP contribution in [0.4, 0.5) is 15.8 Å². The summed E-state index contributed by atoms with van der Waals surface area (Å²) >= 11 is 0. The van der Waals surface area contributed by atoms with Crippen LogP contribution in [0, 0.1) is 39.8 Å². The van der Waals surface area contributed by atoms with Crippen molar-refractivity contribution >= 4 is 30.1 Å². The zero-order chi connectivity index (χ0) is 30.0. The third kappa shape index (κ3) is 5.35. The van der Waals surface area contributed by atoms with Crippen LogP contribution in [-0.2, 0) is 5.44 Å². The molecule has 206 valence electrons. The Morgan fingerprint density at radius 3 is 2.44 bits per heavy atom. The molecule has 9 nitrogen and oxygen atoms in total. The van der Waals surface area contributed by atoms with E-state index in [1.807, 2.05) is 30.3 Å². The van der Waals surface area contributed by atoms with Crippen molar-refractivity contribution in [2.45, 2.75) is 36.8 Å². The second kappa shape index (κ2) is 11.3. The molecule has 0 saturated heterocycles. The maximum absolute atomic E-state index is 13.9. The van der Waals surface area contributed by atoms with Gasteiger partial charge in [-0.05, 0) is 48.2 Å². The van der Waals surface area contributed by atoms with Gasteiger partial charge in [-0.25, -0.2) is 9.07 Å². The Kier molecular flexibility index (Phi) is 7.20. The standard InChI is InChI=1S/C32H23BFN9/c33-32(23-6-8-24(34)9-7-23,29-19-43(42-41-29)26-10-11-26)40-25-14-21(16-36)30-27(15-25)31(22(17-37)18-38-30)39-28(12-13-35)20-4-2-1-3-5-20/h1-9,14-15,18-19,26,28,40H,10-12H2,(H,38,39)/t28-,32?/m1/s1. The van der Waals surface area contributed by atoms with Crippen molar-refractivity contribution in [3.05, 3.63) is 113 Å². The average Bonchev–Trinajstić information content (AvgIpc) is 3.76. The van der Waals surface area contributed by atoms with Crippen molar-refractivity contribution in [2.75, 3.05) is 10.6 Å². The molecule has 6 rings (SSSR count). The highest BCUT2D eigenvalue weighted by atomic mass is 19.1. The molecule has 5 aromatic rings. The average molecular weight is 563 g/mol. The van der Waals surface area contributed by atoms with E-state index < -0.39 is 17.3 Å². The fourth-order valence-corrected chi connectivity index (χ4v) is 5.10. The topological polar surface area (TPSA) is 139 Å². The number of aromatic nitrogens is 4. The lowest BCUT2D eigenvalue weighted by atomic mass is 9.69. The molecule has 2 aromatic heterocycles. The number of benzene rings is 3. The van der Waals surface area contributed by atoms with E-state index in [0.717, 1.165) is 18.4 Å². The molecular weight excluding hydrogens is 540 g/mol. The molecule has 43 heavy (non-hydrogen) atoms. The van der Waals surface area contributed by atoms with Gasteiger partial charge in [0, 0.05) is 17.3 Å². The highest BCUT2D eigenvalue weighted by molar-refractivity contribution is 6.19. The van der Waals surface area contributed by atoms with Crippen LogP contribution in [0.25, 0.3) is 10.9 Å². The smallest absolute Gasteiger partial charge is 0.123 e. The molecule has 11 heteroatoms. The molecule has 0 aliphatic heterocycles. The molecule has 1 fully saturated rings. The van der Waals surface area contributed by atoms with Gasteiger partial charge in [0.25, 0.3) is 0 Å². The molecule has 0 amide bonds. The van der Waals surface area contributed by atoms with Crippen LogP contribution in [-0.4, -0.2) is 27.8 Å². The Balaban J connectivity index is 1.49. The zero-order valence-electron chi connectivity index (χ0n) is 22.9. The van der Waals surface area contributed by atoms with Crippen molar-refractivity contribution in [2.24, 2.45) is 0 Å². The summed E-state index contributed by atoms with van der Waals surface area (Å²) in [5, 5.41) is 45.5. The van der Waals surface area contributed by atoms with Crippen molar-refractivity contribution in [3.8, 4) is 18.2 Å². The van der Waals surface area contributed by atoms with Crippen LogP contribution < -0.4 is 10.6 Å². The number of halogens is 1. The van der Waals surface area contributed by atoms with Crippen molar-refractivity contribution in [3.63, 3.8) is 0 Å². The summed E-state index contributed by atoms with van der Waals surface area (Å²) in [5.41, 5.74) is 2.08. The quantitative estimate of drug-likeness (QED) is 0.221. The zero-order valence-corrected chi connectivity index (χ0v) is 22.9. The van der Waals surface area contributed by atoms with Gasteiger partial charge in [-0.2, -0.15) is 15.8 Å². The molecule has 2 heterocycles. The van der Waals surface area contributed by atoms with Gasteiger partial charge in [-0.1, -0.05) is 47.7 Å². The maximum atomic E-state index is 13.9. The molecule has 0 bridgehead atoms. The highest BCUT2D eigenvalue weighted by Crippen LogP contribution is 2.38. The molecule has 1 unspecified atom stereocenters. The molecule has 1 aliphatic rings. The summed E-state index contributed by atoms with van der Waals surface area (Å²) in [6, 6.07) is 25.0. The number of pyridine rings is 1. The summed E-state index contributed by atoms with van der Waals surface area (Å²) in [6.07, 6.45) is 5.32. The summed E-state index contributed by atoms with van der Waals surface area (Å²) < 4.78 is 15.7. The Morgan fingerprint density at radius 1 is 1.02 bits per heavy atom. The number of nitrogens with one attached hydrogen (secondary N) is 2. The molecule has 2 N–H and O–H groups in total. The summed E-state index contributed by atoms with van der Waals surface area (Å²) in [7, 11) is 7.03. The predicted octanol–water partition coefficient (Wildman–Crippen LogP) is 5.59. The van der Waals surface area contributed by atoms with Gasteiger partial charge in [0.1, 0.15) is 31.5 Å². The molecule has 1 aliphatic carbocycles. The highest BCUT2D eigenvalue weighted by Gasteiger charge is 2.34. The van der Waals surface area contributed by atoms with Gasteiger partial charge >= 0.3 is 0 Å². The lowest BCUT2D eigenvalue weighted by molar-refractivity contribution is 0.610. The second-order valence-electron chi connectivity index (χ2n) is 10.4. The van der Waals surface area contributed by atoms with Crippen LogP contribution in [0.2, 0.25) is 0 Å². The van der Waals surface area contributed by atoms with Crippen LogP contribution in [0.5, 0.6) is 0 Å².